The monoisotopic (exact) mass is 269 g/mol. The highest BCUT2D eigenvalue weighted by Crippen LogP contribution is 2.27. The van der Waals surface area contributed by atoms with Crippen LogP contribution in [-0.2, 0) is 0 Å². The van der Waals surface area contributed by atoms with Gasteiger partial charge >= 0.3 is 0 Å². The fourth-order valence-electron chi connectivity index (χ4n) is 2.63. The Balaban J connectivity index is 2.17. The van der Waals surface area contributed by atoms with Gasteiger partial charge in [0.05, 0.1) is 0 Å². The van der Waals surface area contributed by atoms with Crippen LogP contribution in [0, 0.1) is 13.8 Å². The Morgan fingerprint density at radius 3 is 2.25 bits per heavy atom. The number of rotatable bonds is 4. The quantitative estimate of drug-likeness (QED) is 0.861. The van der Waals surface area contributed by atoms with Crippen molar-refractivity contribution in [3.63, 3.8) is 0 Å². The van der Waals surface area contributed by atoms with Crippen LogP contribution in [0.1, 0.15) is 48.2 Å². The minimum absolute atomic E-state index is 0.103. The Morgan fingerprint density at radius 1 is 0.900 bits per heavy atom. The number of benzene rings is 2. The molecular weight excluding hydrogens is 246 g/mol. The van der Waals surface area contributed by atoms with E-state index in [9.17, 15) is 5.11 Å². The number of hydrogen-bond donors (Lipinski definition) is 2. The van der Waals surface area contributed by atoms with Crippen LogP contribution < -0.4 is 5.32 Å². The van der Waals surface area contributed by atoms with Crippen LogP contribution in [-0.4, -0.2) is 5.11 Å². The van der Waals surface area contributed by atoms with E-state index in [1.54, 1.807) is 6.07 Å². The molecule has 0 spiro atoms. The second-order valence-corrected chi connectivity index (χ2v) is 5.53. The van der Waals surface area contributed by atoms with Gasteiger partial charge in [-0.3, -0.25) is 0 Å². The van der Waals surface area contributed by atoms with Crippen LogP contribution in [0.5, 0.6) is 5.75 Å². The zero-order valence-electron chi connectivity index (χ0n) is 12.6. The van der Waals surface area contributed by atoms with Crippen molar-refractivity contribution in [3.05, 3.63) is 64.7 Å². The number of aromatic hydroxyl groups is 1. The van der Waals surface area contributed by atoms with Crippen molar-refractivity contribution in [2.24, 2.45) is 0 Å². The van der Waals surface area contributed by atoms with E-state index in [2.05, 4.69) is 51.2 Å². The fourth-order valence-corrected chi connectivity index (χ4v) is 2.63. The lowest BCUT2D eigenvalue weighted by molar-refractivity contribution is 0.438. The maximum atomic E-state index is 9.92. The maximum absolute atomic E-state index is 9.92. The Kier molecular flexibility index (Phi) is 4.46. The van der Waals surface area contributed by atoms with Gasteiger partial charge in [0.25, 0.3) is 0 Å². The second kappa shape index (κ2) is 6.10. The molecule has 2 atom stereocenters. The Labute approximate surface area is 121 Å². The molecule has 0 aliphatic rings. The van der Waals surface area contributed by atoms with Gasteiger partial charge in [-0.2, -0.15) is 0 Å². The summed E-state index contributed by atoms with van der Waals surface area (Å²) < 4.78 is 0. The molecule has 0 aliphatic heterocycles. The van der Waals surface area contributed by atoms with Crippen LogP contribution in [0.25, 0.3) is 0 Å². The summed E-state index contributed by atoms with van der Waals surface area (Å²) >= 11 is 0. The number of phenolic OH excluding ortho intramolecular Hbond substituents is 1. The molecule has 0 radical (unpaired) electrons. The Morgan fingerprint density at radius 2 is 1.55 bits per heavy atom. The molecule has 2 N–H and O–H groups in total. The summed E-state index contributed by atoms with van der Waals surface area (Å²) in [5, 5.41) is 13.5. The molecule has 2 heteroatoms. The number of para-hydroxylation sites is 1. The largest absolute Gasteiger partial charge is 0.508 e. The number of phenols is 1. The third kappa shape index (κ3) is 3.20. The van der Waals surface area contributed by atoms with Gasteiger partial charge < -0.3 is 10.4 Å². The predicted octanol–water partition coefficient (Wildman–Crippen LogP) is 4.42. The van der Waals surface area contributed by atoms with E-state index in [1.165, 1.54) is 16.7 Å². The van der Waals surface area contributed by atoms with Crippen molar-refractivity contribution in [1.82, 2.24) is 5.32 Å². The average molecular weight is 269 g/mol. The van der Waals surface area contributed by atoms with Gasteiger partial charge in [-0.15, -0.1) is 0 Å². The normalized spacial score (nSPS) is 14.0. The standard InChI is InChI=1S/C18H23NO/c1-12-9-10-13(2)17(11-12)15(4)19-14(3)16-7-5-6-8-18(16)20/h5-11,14-15,19-20H,1-4H3. The van der Waals surface area contributed by atoms with Crippen LogP contribution in [0.3, 0.4) is 0 Å². The lowest BCUT2D eigenvalue weighted by atomic mass is 9.98. The average Bonchev–Trinajstić information content (AvgIpc) is 2.41. The van der Waals surface area contributed by atoms with Crippen molar-refractivity contribution in [3.8, 4) is 5.75 Å². The molecule has 0 aliphatic carbocycles. The lowest BCUT2D eigenvalue weighted by Gasteiger charge is -2.23. The van der Waals surface area contributed by atoms with Crippen LogP contribution >= 0.6 is 0 Å². The van der Waals surface area contributed by atoms with Crippen LogP contribution in [0.4, 0.5) is 0 Å². The fraction of sp³-hybridized carbons (Fsp3) is 0.333. The second-order valence-electron chi connectivity index (χ2n) is 5.53. The molecule has 20 heavy (non-hydrogen) atoms. The highest BCUT2D eigenvalue weighted by molar-refractivity contribution is 5.36. The number of aryl methyl sites for hydroxylation is 2. The molecule has 2 rings (SSSR count). The molecule has 2 aromatic carbocycles. The molecule has 106 valence electrons. The SMILES string of the molecule is Cc1ccc(C)c(C(C)NC(C)c2ccccc2O)c1. The lowest BCUT2D eigenvalue weighted by Crippen LogP contribution is -2.23. The molecule has 2 nitrogen and oxygen atoms in total. The van der Waals surface area contributed by atoms with E-state index >= 15 is 0 Å². The first-order valence-corrected chi connectivity index (χ1v) is 7.10. The molecule has 0 saturated carbocycles. The summed E-state index contributed by atoms with van der Waals surface area (Å²) in [7, 11) is 0. The van der Waals surface area contributed by atoms with Crippen molar-refractivity contribution < 1.29 is 5.11 Å². The molecule has 0 amide bonds. The van der Waals surface area contributed by atoms with E-state index in [4.69, 9.17) is 0 Å². The molecule has 0 heterocycles. The van der Waals surface area contributed by atoms with Gasteiger partial charge in [0.2, 0.25) is 0 Å². The van der Waals surface area contributed by atoms with Gasteiger partial charge in [0.1, 0.15) is 5.75 Å². The molecule has 0 aromatic heterocycles. The Hall–Kier alpha value is -1.80. The molecule has 0 saturated heterocycles. The van der Waals surface area contributed by atoms with Gasteiger partial charge in [0, 0.05) is 17.6 Å². The van der Waals surface area contributed by atoms with E-state index < -0.39 is 0 Å². The molecule has 2 unspecified atom stereocenters. The molecule has 0 bridgehead atoms. The first kappa shape index (κ1) is 14.6. The summed E-state index contributed by atoms with van der Waals surface area (Å²) in [5.74, 6) is 0.348. The predicted molar refractivity (Wildman–Crippen MR) is 84.0 cm³/mol. The van der Waals surface area contributed by atoms with Crippen molar-refractivity contribution in [2.75, 3.05) is 0 Å². The maximum Gasteiger partial charge on any atom is 0.120 e. The first-order chi connectivity index (χ1) is 9.49. The number of nitrogens with one attached hydrogen (secondary N) is 1. The zero-order valence-corrected chi connectivity index (χ0v) is 12.6. The third-order valence-corrected chi connectivity index (χ3v) is 3.80. The van der Waals surface area contributed by atoms with E-state index in [0.717, 1.165) is 5.56 Å². The van der Waals surface area contributed by atoms with E-state index in [0.29, 0.717) is 5.75 Å². The highest BCUT2D eigenvalue weighted by atomic mass is 16.3. The van der Waals surface area contributed by atoms with Gasteiger partial charge in [0.15, 0.2) is 0 Å². The zero-order chi connectivity index (χ0) is 14.7. The summed E-state index contributed by atoms with van der Waals surface area (Å²) in [6.45, 7) is 8.49. The molecule has 2 aromatic rings. The first-order valence-electron chi connectivity index (χ1n) is 7.10. The summed E-state index contributed by atoms with van der Waals surface area (Å²) in [6, 6.07) is 14.4. The van der Waals surface area contributed by atoms with E-state index in [-0.39, 0.29) is 12.1 Å². The summed E-state index contributed by atoms with van der Waals surface area (Å²) in [5.41, 5.74) is 4.81. The van der Waals surface area contributed by atoms with Crippen molar-refractivity contribution in [2.45, 2.75) is 39.8 Å². The van der Waals surface area contributed by atoms with Crippen LogP contribution in [0.15, 0.2) is 42.5 Å². The van der Waals surface area contributed by atoms with Gasteiger partial charge in [-0.1, -0.05) is 42.0 Å². The summed E-state index contributed by atoms with van der Waals surface area (Å²) in [6.07, 6.45) is 0. The van der Waals surface area contributed by atoms with E-state index in [1.807, 2.05) is 18.2 Å². The van der Waals surface area contributed by atoms with Crippen molar-refractivity contribution >= 4 is 0 Å². The van der Waals surface area contributed by atoms with Gasteiger partial charge in [-0.05, 0) is 44.9 Å². The third-order valence-electron chi connectivity index (χ3n) is 3.80. The highest BCUT2D eigenvalue weighted by Gasteiger charge is 2.15. The molecule has 0 fully saturated rings. The van der Waals surface area contributed by atoms with Gasteiger partial charge in [-0.25, -0.2) is 0 Å². The number of hydrogen-bond acceptors (Lipinski definition) is 2. The summed E-state index contributed by atoms with van der Waals surface area (Å²) in [4.78, 5) is 0. The van der Waals surface area contributed by atoms with Crippen molar-refractivity contribution in [1.29, 1.82) is 0 Å². The smallest absolute Gasteiger partial charge is 0.120 e. The minimum atomic E-state index is 0.103. The molecular formula is C18H23NO. The van der Waals surface area contributed by atoms with Crippen LogP contribution in [0.2, 0.25) is 0 Å². The topological polar surface area (TPSA) is 32.3 Å². The Bertz CT molecular complexity index is 592. The minimum Gasteiger partial charge on any atom is -0.508 e.